The molecule has 0 heterocycles. The van der Waals surface area contributed by atoms with Crippen LogP contribution in [0.1, 0.15) is 17.0 Å². The van der Waals surface area contributed by atoms with Crippen molar-refractivity contribution in [1.82, 2.24) is 0 Å². The van der Waals surface area contributed by atoms with Gasteiger partial charge in [0.25, 0.3) is 0 Å². The van der Waals surface area contributed by atoms with E-state index >= 15 is 0 Å². The molecule has 110 valence electrons. The molecule has 1 saturated carbocycles. The smallest absolute Gasteiger partial charge is 0.182 e. The van der Waals surface area contributed by atoms with Crippen molar-refractivity contribution in [3.8, 4) is 0 Å². The van der Waals surface area contributed by atoms with Gasteiger partial charge in [-0.2, -0.15) is 0 Å². The van der Waals surface area contributed by atoms with Crippen molar-refractivity contribution >= 4 is 9.84 Å². The average Bonchev–Trinajstić information content (AvgIpc) is 3.24. The van der Waals surface area contributed by atoms with Crippen molar-refractivity contribution in [3.05, 3.63) is 65.7 Å². The Kier molecular flexibility index (Phi) is 3.59. The van der Waals surface area contributed by atoms with E-state index in [9.17, 15) is 8.42 Å². The molecule has 3 nitrogen and oxygen atoms in total. The van der Waals surface area contributed by atoms with Gasteiger partial charge in [0.2, 0.25) is 0 Å². The minimum atomic E-state index is -3.31. The van der Waals surface area contributed by atoms with E-state index in [0.717, 1.165) is 5.56 Å². The molecule has 2 N–H and O–H groups in total. The SMILES string of the molecule is Cc1ccc([C@@H]2[C@@H](CN)[C@@H]2S(=O)(=O)c2ccccc2)cc1. The Morgan fingerprint density at radius 2 is 1.62 bits per heavy atom. The van der Waals surface area contributed by atoms with Crippen molar-refractivity contribution in [2.45, 2.75) is 23.0 Å². The lowest BCUT2D eigenvalue weighted by Crippen LogP contribution is -2.13. The van der Waals surface area contributed by atoms with Crippen molar-refractivity contribution in [1.29, 1.82) is 0 Å². The summed E-state index contributed by atoms with van der Waals surface area (Å²) in [5.74, 6) is 0.0266. The van der Waals surface area contributed by atoms with Crippen molar-refractivity contribution < 1.29 is 8.42 Å². The Labute approximate surface area is 125 Å². The van der Waals surface area contributed by atoms with Crippen LogP contribution >= 0.6 is 0 Å². The number of nitrogens with two attached hydrogens (primary N) is 1. The van der Waals surface area contributed by atoms with Crippen LogP contribution in [0.15, 0.2) is 59.5 Å². The summed E-state index contributed by atoms with van der Waals surface area (Å²) in [7, 11) is -3.31. The Morgan fingerprint density at radius 1 is 1.00 bits per heavy atom. The first-order chi connectivity index (χ1) is 10.1. The zero-order chi connectivity index (χ0) is 15.0. The summed E-state index contributed by atoms with van der Waals surface area (Å²) in [6.45, 7) is 2.42. The van der Waals surface area contributed by atoms with Gasteiger partial charge in [0.15, 0.2) is 9.84 Å². The maximum Gasteiger partial charge on any atom is 0.182 e. The van der Waals surface area contributed by atoms with Crippen LogP contribution in [0, 0.1) is 12.8 Å². The fourth-order valence-electron chi connectivity index (χ4n) is 3.04. The second-order valence-corrected chi connectivity index (χ2v) is 7.76. The van der Waals surface area contributed by atoms with Gasteiger partial charge in [-0.25, -0.2) is 8.42 Å². The lowest BCUT2D eigenvalue weighted by atomic mass is 10.1. The highest BCUT2D eigenvalue weighted by Gasteiger charge is 2.57. The highest BCUT2D eigenvalue weighted by Crippen LogP contribution is 2.53. The van der Waals surface area contributed by atoms with Gasteiger partial charge in [-0.3, -0.25) is 0 Å². The number of rotatable bonds is 4. The molecule has 0 aliphatic heterocycles. The largest absolute Gasteiger partial charge is 0.330 e. The first-order valence-electron chi connectivity index (χ1n) is 7.11. The quantitative estimate of drug-likeness (QED) is 0.944. The summed E-state index contributed by atoms with van der Waals surface area (Å²) in [4.78, 5) is 0.392. The third-order valence-electron chi connectivity index (χ3n) is 4.26. The molecule has 0 saturated heterocycles. The van der Waals surface area contributed by atoms with Gasteiger partial charge in [-0.05, 0) is 37.1 Å². The van der Waals surface area contributed by atoms with Gasteiger partial charge in [0.1, 0.15) is 0 Å². The topological polar surface area (TPSA) is 60.2 Å². The molecule has 0 spiro atoms. The zero-order valence-electron chi connectivity index (χ0n) is 11.9. The van der Waals surface area contributed by atoms with Crippen molar-refractivity contribution in [2.24, 2.45) is 11.7 Å². The Hall–Kier alpha value is -1.65. The van der Waals surface area contributed by atoms with Crippen LogP contribution in [-0.4, -0.2) is 20.2 Å². The van der Waals surface area contributed by atoms with Crippen LogP contribution in [0.25, 0.3) is 0 Å². The van der Waals surface area contributed by atoms with Gasteiger partial charge in [-0.1, -0.05) is 48.0 Å². The second-order valence-electron chi connectivity index (χ2n) is 5.66. The Bertz CT molecular complexity index is 723. The summed E-state index contributed by atoms with van der Waals surface area (Å²) in [6, 6.07) is 16.7. The van der Waals surface area contributed by atoms with Crippen LogP contribution in [-0.2, 0) is 9.84 Å². The Morgan fingerprint density at radius 3 is 2.19 bits per heavy atom. The lowest BCUT2D eigenvalue weighted by molar-refractivity contribution is 0.591. The number of aryl methyl sites for hydroxylation is 1. The molecule has 21 heavy (non-hydrogen) atoms. The molecule has 1 aliphatic carbocycles. The molecule has 0 radical (unpaired) electrons. The van der Waals surface area contributed by atoms with E-state index in [2.05, 4.69) is 0 Å². The van der Waals surface area contributed by atoms with Crippen LogP contribution in [0.2, 0.25) is 0 Å². The summed E-state index contributed by atoms with van der Waals surface area (Å²) in [6.07, 6.45) is 0. The average molecular weight is 301 g/mol. The highest BCUT2D eigenvalue weighted by molar-refractivity contribution is 7.92. The minimum Gasteiger partial charge on any atom is -0.330 e. The summed E-state index contributed by atoms with van der Waals surface area (Å²) in [5.41, 5.74) is 8.03. The standard InChI is InChI=1S/C17H19NO2S/c1-12-7-9-13(10-8-12)16-15(11-18)17(16)21(19,20)14-5-3-2-4-6-14/h2-10,15-17H,11,18H2,1H3/t15-,16-,17+/m1/s1. The number of sulfone groups is 1. The monoisotopic (exact) mass is 301 g/mol. The number of hydrogen-bond acceptors (Lipinski definition) is 3. The van der Waals surface area contributed by atoms with E-state index in [0.29, 0.717) is 11.4 Å². The fraction of sp³-hybridized carbons (Fsp3) is 0.294. The summed E-state index contributed by atoms with van der Waals surface area (Å²) < 4.78 is 25.5. The van der Waals surface area contributed by atoms with Crippen LogP contribution in [0.5, 0.6) is 0 Å². The summed E-state index contributed by atoms with van der Waals surface area (Å²) in [5, 5.41) is -0.396. The molecule has 4 heteroatoms. The normalized spacial score (nSPS) is 24.8. The van der Waals surface area contributed by atoms with E-state index in [4.69, 9.17) is 5.73 Å². The summed E-state index contributed by atoms with van der Waals surface area (Å²) >= 11 is 0. The molecule has 3 atom stereocenters. The minimum absolute atomic E-state index is 0.0120. The predicted molar refractivity (Wildman–Crippen MR) is 83.9 cm³/mol. The van der Waals surface area contributed by atoms with E-state index < -0.39 is 15.1 Å². The maximum atomic E-state index is 12.8. The molecule has 2 aromatic rings. The third kappa shape index (κ3) is 2.49. The van der Waals surface area contributed by atoms with Gasteiger partial charge in [-0.15, -0.1) is 0 Å². The molecule has 0 bridgehead atoms. The van der Waals surface area contributed by atoms with Crippen molar-refractivity contribution in [2.75, 3.05) is 6.54 Å². The van der Waals surface area contributed by atoms with E-state index in [1.165, 1.54) is 5.56 Å². The van der Waals surface area contributed by atoms with Crippen LogP contribution in [0.3, 0.4) is 0 Å². The van der Waals surface area contributed by atoms with E-state index in [1.54, 1.807) is 24.3 Å². The second kappa shape index (κ2) is 5.28. The molecule has 1 fully saturated rings. The molecule has 0 aromatic heterocycles. The molecule has 2 aromatic carbocycles. The van der Waals surface area contributed by atoms with E-state index in [1.807, 2.05) is 37.3 Å². The third-order valence-corrected chi connectivity index (χ3v) is 6.55. The highest BCUT2D eigenvalue weighted by atomic mass is 32.2. The predicted octanol–water partition coefficient (Wildman–Crippen LogP) is 2.51. The van der Waals surface area contributed by atoms with Crippen molar-refractivity contribution in [3.63, 3.8) is 0 Å². The number of hydrogen-bond donors (Lipinski definition) is 1. The molecule has 0 amide bonds. The fourth-order valence-corrected chi connectivity index (χ4v) is 5.28. The molecular weight excluding hydrogens is 282 g/mol. The molecular formula is C17H19NO2S. The van der Waals surface area contributed by atoms with Gasteiger partial charge >= 0.3 is 0 Å². The first kappa shape index (κ1) is 14.3. The van der Waals surface area contributed by atoms with Crippen LogP contribution in [0.4, 0.5) is 0 Å². The maximum absolute atomic E-state index is 12.8. The lowest BCUT2D eigenvalue weighted by Gasteiger charge is -2.04. The molecule has 1 aliphatic rings. The first-order valence-corrected chi connectivity index (χ1v) is 8.66. The molecule has 0 unspecified atom stereocenters. The zero-order valence-corrected chi connectivity index (χ0v) is 12.8. The molecule has 3 rings (SSSR count). The van der Waals surface area contributed by atoms with E-state index in [-0.39, 0.29) is 11.8 Å². The Balaban J connectivity index is 1.94. The van der Waals surface area contributed by atoms with Gasteiger partial charge in [0.05, 0.1) is 10.1 Å². The van der Waals surface area contributed by atoms with Crippen LogP contribution < -0.4 is 5.73 Å². The number of benzene rings is 2. The van der Waals surface area contributed by atoms with Gasteiger partial charge in [0, 0.05) is 5.92 Å². The van der Waals surface area contributed by atoms with Gasteiger partial charge < -0.3 is 5.73 Å².